The second-order valence-electron chi connectivity index (χ2n) is 4.28. The van der Waals surface area contributed by atoms with Crippen molar-refractivity contribution in [1.29, 1.82) is 0 Å². The summed E-state index contributed by atoms with van der Waals surface area (Å²) in [6.45, 7) is 6.75. The summed E-state index contributed by atoms with van der Waals surface area (Å²) in [6, 6.07) is 1.79. The third-order valence-electron chi connectivity index (χ3n) is 2.55. The molecule has 19 heavy (non-hydrogen) atoms. The van der Waals surface area contributed by atoms with Gasteiger partial charge in [0.1, 0.15) is 17.5 Å². The van der Waals surface area contributed by atoms with E-state index in [1.54, 1.807) is 13.0 Å². The van der Waals surface area contributed by atoms with Gasteiger partial charge in [0, 0.05) is 24.9 Å². The van der Waals surface area contributed by atoms with E-state index in [0.717, 1.165) is 18.8 Å². The van der Waals surface area contributed by atoms with E-state index in [1.165, 1.54) is 0 Å². The van der Waals surface area contributed by atoms with Crippen LogP contribution in [0.5, 0.6) is 0 Å². The molecule has 0 saturated heterocycles. The normalized spacial score (nSPS) is 11.3. The Kier molecular flexibility index (Phi) is 6.01. The molecule has 1 aromatic rings. The standard InChI is InChI=1S/C12H22N4O2S/c1-4-6-13-11-9-12(16-10(3)15-11)14-7-8-19(17,18)5-2/h9H,4-8H2,1-3H3,(H2,13,14,15,16). The van der Waals surface area contributed by atoms with Crippen molar-refractivity contribution in [3.8, 4) is 0 Å². The molecule has 0 bridgehead atoms. The van der Waals surface area contributed by atoms with Gasteiger partial charge >= 0.3 is 0 Å². The van der Waals surface area contributed by atoms with E-state index in [0.29, 0.717) is 18.2 Å². The topological polar surface area (TPSA) is 84.0 Å². The smallest absolute Gasteiger partial charge is 0.151 e. The number of aromatic nitrogens is 2. The fourth-order valence-corrected chi connectivity index (χ4v) is 2.18. The molecule has 0 fully saturated rings. The molecule has 2 N–H and O–H groups in total. The Balaban J connectivity index is 2.60. The number of nitrogens with one attached hydrogen (secondary N) is 2. The maximum absolute atomic E-state index is 11.4. The van der Waals surface area contributed by atoms with Gasteiger partial charge in [-0.2, -0.15) is 0 Å². The average Bonchev–Trinajstić information content (AvgIpc) is 2.35. The van der Waals surface area contributed by atoms with E-state index < -0.39 is 9.84 Å². The number of anilines is 2. The van der Waals surface area contributed by atoms with Gasteiger partial charge in [0.25, 0.3) is 0 Å². The minimum Gasteiger partial charge on any atom is -0.370 e. The van der Waals surface area contributed by atoms with Crippen molar-refractivity contribution in [1.82, 2.24) is 9.97 Å². The minimum absolute atomic E-state index is 0.115. The summed E-state index contributed by atoms with van der Waals surface area (Å²) in [4.78, 5) is 8.49. The van der Waals surface area contributed by atoms with Crippen LogP contribution in [-0.4, -0.2) is 43.0 Å². The fourth-order valence-electron chi connectivity index (χ4n) is 1.48. The molecule has 0 aromatic carbocycles. The predicted octanol–water partition coefficient (Wildman–Crippen LogP) is 1.45. The van der Waals surface area contributed by atoms with Gasteiger partial charge in [-0.05, 0) is 13.3 Å². The van der Waals surface area contributed by atoms with E-state index in [-0.39, 0.29) is 11.5 Å². The third-order valence-corrected chi connectivity index (χ3v) is 4.26. The van der Waals surface area contributed by atoms with E-state index >= 15 is 0 Å². The third kappa shape index (κ3) is 5.87. The van der Waals surface area contributed by atoms with Crippen LogP contribution in [0.1, 0.15) is 26.1 Å². The van der Waals surface area contributed by atoms with Gasteiger partial charge in [0.2, 0.25) is 0 Å². The van der Waals surface area contributed by atoms with Crippen molar-refractivity contribution in [2.24, 2.45) is 0 Å². The van der Waals surface area contributed by atoms with E-state index in [1.807, 2.05) is 6.92 Å². The number of sulfone groups is 1. The molecular weight excluding hydrogens is 264 g/mol. The van der Waals surface area contributed by atoms with Crippen LogP contribution in [0, 0.1) is 6.92 Å². The molecule has 7 heteroatoms. The Bertz CT molecular complexity index is 502. The lowest BCUT2D eigenvalue weighted by atomic mass is 10.4. The molecule has 0 amide bonds. The fraction of sp³-hybridized carbons (Fsp3) is 0.667. The zero-order valence-corrected chi connectivity index (χ0v) is 12.5. The van der Waals surface area contributed by atoms with E-state index in [9.17, 15) is 8.42 Å². The zero-order chi connectivity index (χ0) is 14.3. The lowest BCUT2D eigenvalue weighted by molar-refractivity contribution is 0.597. The van der Waals surface area contributed by atoms with Gasteiger partial charge in [0.15, 0.2) is 9.84 Å². The van der Waals surface area contributed by atoms with Gasteiger partial charge in [-0.1, -0.05) is 13.8 Å². The van der Waals surface area contributed by atoms with Crippen molar-refractivity contribution in [2.75, 3.05) is 35.2 Å². The second kappa shape index (κ2) is 7.28. The number of nitrogens with zero attached hydrogens (tertiary/aromatic N) is 2. The maximum Gasteiger partial charge on any atom is 0.151 e. The number of rotatable bonds is 8. The molecule has 0 aliphatic carbocycles. The molecule has 1 rings (SSSR count). The SMILES string of the molecule is CCCNc1cc(NCCS(=O)(=O)CC)nc(C)n1. The van der Waals surface area contributed by atoms with E-state index in [2.05, 4.69) is 27.5 Å². The van der Waals surface area contributed by atoms with Crippen LogP contribution in [0.15, 0.2) is 6.07 Å². The van der Waals surface area contributed by atoms with Crippen LogP contribution < -0.4 is 10.6 Å². The van der Waals surface area contributed by atoms with Gasteiger partial charge < -0.3 is 10.6 Å². The average molecular weight is 286 g/mol. The van der Waals surface area contributed by atoms with Crippen molar-refractivity contribution >= 4 is 21.5 Å². The highest BCUT2D eigenvalue weighted by atomic mass is 32.2. The van der Waals surface area contributed by atoms with Crippen molar-refractivity contribution in [2.45, 2.75) is 27.2 Å². The van der Waals surface area contributed by atoms with Crippen LogP contribution in [0.3, 0.4) is 0 Å². The number of hydrogen-bond acceptors (Lipinski definition) is 6. The van der Waals surface area contributed by atoms with Crippen LogP contribution in [0.4, 0.5) is 11.6 Å². The Morgan fingerprint density at radius 1 is 1.11 bits per heavy atom. The largest absolute Gasteiger partial charge is 0.370 e. The molecule has 0 spiro atoms. The first-order chi connectivity index (χ1) is 8.96. The predicted molar refractivity (Wildman–Crippen MR) is 78.4 cm³/mol. The molecule has 1 heterocycles. The van der Waals surface area contributed by atoms with Crippen LogP contribution in [0.2, 0.25) is 0 Å². The second-order valence-corrected chi connectivity index (χ2v) is 6.75. The Morgan fingerprint density at radius 2 is 1.68 bits per heavy atom. The molecule has 0 unspecified atom stereocenters. The lowest BCUT2D eigenvalue weighted by Gasteiger charge is -2.09. The summed E-state index contributed by atoms with van der Waals surface area (Å²) >= 11 is 0. The van der Waals surface area contributed by atoms with Crippen molar-refractivity contribution in [3.05, 3.63) is 11.9 Å². The summed E-state index contributed by atoms with van der Waals surface area (Å²) in [5.74, 6) is 2.35. The first kappa shape index (κ1) is 15.7. The van der Waals surface area contributed by atoms with Crippen LogP contribution in [0.25, 0.3) is 0 Å². The van der Waals surface area contributed by atoms with Gasteiger partial charge in [-0.3, -0.25) is 0 Å². The van der Waals surface area contributed by atoms with Gasteiger partial charge in [0.05, 0.1) is 5.75 Å². The molecule has 108 valence electrons. The number of hydrogen-bond donors (Lipinski definition) is 2. The quantitative estimate of drug-likeness (QED) is 0.752. The molecule has 0 atom stereocenters. The molecule has 0 aliphatic heterocycles. The number of aryl methyl sites for hydroxylation is 1. The summed E-state index contributed by atoms with van der Waals surface area (Å²) in [7, 11) is -2.95. The minimum atomic E-state index is -2.95. The summed E-state index contributed by atoms with van der Waals surface area (Å²) < 4.78 is 22.8. The Labute approximate surface area is 115 Å². The highest BCUT2D eigenvalue weighted by Gasteiger charge is 2.07. The van der Waals surface area contributed by atoms with E-state index in [4.69, 9.17) is 0 Å². The highest BCUT2D eigenvalue weighted by molar-refractivity contribution is 7.91. The zero-order valence-electron chi connectivity index (χ0n) is 11.7. The maximum atomic E-state index is 11.4. The summed E-state index contributed by atoms with van der Waals surface area (Å²) in [5.41, 5.74) is 0. The van der Waals surface area contributed by atoms with Crippen molar-refractivity contribution < 1.29 is 8.42 Å². The Hall–Kier alpha value is -1.37. The summed E-state index contributed by atoms with van der Waals surface area (Å²) in [6.07, 6.45) is 1.01. The molecule has 6 nitrogen and oxygen atoms in total. The molecule has 0 radical (unpaired) electrons. The molecule has 1 aromatic heterocycles. The first-order valence-corrected chi connectivity index (χ1v) is 8.33. The van der Waals surface area contributed by atoms with Crippen LogP contribution in [-0.2, 0) is 9.84 Å². The lowest BCUT2D eigenvalue weighted by Crippen LogP contribution is -2.18. The molecule has 0 saturated carbocycles. The van der Waals surface area contributed by atoms with Gasteiger partial charge in [-0.25, -0.2) is 18.4 Å². The van der Waals surface area contributed by atoms with Crippen molar-refractivity contribution in [3.63, 3.8) is 0 Å². The Morgan fingerprint density at radius 3 is 2.21 bits per heavy atom. The summed E-state index contributed by atoms with van der Waals surface area (Å²) in [5, 5.41) is 6.21. The van der Waals surface area contributed by atoms with Crippen LogP contribution >= 0.6 is 0 Å². The highest BCUT2D eigenvalue weighted by Crippen LogP contribution is 2.10. The van der Waals surface area contributed by atoms with Gasteiger partial charge in [-0.15, -0.1) is 0 Å². The first-order valence-electron chi connectivity index (χ1n) is 6.50. The molecular formula is C12H22N4O2S. The molecule has 0 aliphatic rings. The monoisotopic (exact) mass is 286 g/mol.